The number of rotatable bonds is 6. The minimum Gasteiger partial charge on any atom is -0.493 e. The number of aromatic nitrogens is 2. The van der Waals surface area contributed by atoms with Crippen LogP contribution in [0.3, 0.4) is 0 Å². The van der Waals surface area contributed by atoms with Crippen molar-refractivity contribution in [1.82, 2.24) is 15.0 Å². The first-order valence-electron chi connectivity index (χ1n) is 10.9. The Morgan fingerprint density at radius 1 is 1.09 bits per heavy atom. The van der Waals surface area contributed by atoms with Crippen LogP contribution in [0.2, 0.25) is 0 Å². The number of hydrogen-bond acceptors (Lipinski definition) is 7. The molecule has 9 heteroatoms. The molecule has 3 heterocycles. The predicted molar refractivity (Wildman–Crippen MR) is 124 cm³/mol. The molecule has 0 atom stereocenters. The van der Waals surface area contributed by atoms with Gasteiger partial charge in [0.2, 0.25) is 0 Å². The Kier molecular flexibility index (Phi) is 6.58. The van der Waals surface area contributed by atoms with Gasteiger partial charge in [0.05, 0.1) is 29.7 Å². The Hall–Kier alpha value is -3.88. The number of para-hydroxylation sites is 1. The van der Waals surface area contributed by atoms with Crippen LogP contribution in [0.1, 0.15) is 39.1 Å². The van der Waals surface area contributed by atoms with Gasteiger partial charge in [0.25, 0.3) is 11.8 Å². The standard InChI is InChI=1S/C24H27N5O4/c1-4-32-20-8-6-5-7-19(20)23(30)26-18-9-10-21(25-15-18)28-11-13-29(14-12-28)24(31)22-16(2)27-33-17(22)3/h5-10,15H,4,11-14H2,1-3H3,(H,26,30). The number of piperazine rings is 1. The molecule has 1 aromatic carbocycles. The Labute approximate surface area is 192 Å². The van der Waals surface area contributed by atoms with Gasteiger partial charge in [-0.25, -0.2) is 4.98 Å². The molecule has 0 bridgehead atoms. The molecule has 0 unspecified atom stereocenters. The van der Waals surface area contributed by atoms with E-state index in [4.69, 9.17) is 9.26 Å². The Morgan fingerprint density at radius 3 is 2.48 bits per heavy atom. The highest BCUT2D eigenvalue weighted by molar-refractivity contribution is 6.06. The molecule has 1 N–H and O–H groups in total. The Bertz CT molecular complexity index is 1110. The summed E-state index contributed by atoms with van der Waals surface area (Å²) in [7, 11) is 0. The van der Waals surface area contributed by atoms with E-state index in [0.717, 1.165) is 5.82 Å². The van der Waals surface area contributed by atoms with E-state index in [9.17, 15) is 9.59 Å². The molecule has 9 nitrogen and oxygen atoms in total. The third-order valence-electron chi connectivity index (χ3n) is 5.58. The lowest BCUT2D eigenvalue weighted by Gasteiger charge is -2.35. The summed E-state index contributed by atoms with van der Waals surface area (Å²) in [4.78, 5) is 33.9. The van der Waals surface area contributed by atoms with Crippen LogP contribution in [0.25, 0.3) is 0 Å². The average molecular weight is 450 g/mol. The van der Waals surface area contributed by atoms with Crippen molar-refractivity contribution >= 4 is 23.3 Å². The van der Waals surface area contributed by atoms with Gasteiger partial charge in [-0.2, -0.15) is 0 Å². The summed E-state index contributed by atoms with van der Waals surface area (Å²) in [6.45, 7) is 8.38. The van der Waals surface area contributed by atoms with Crippen molar-refractivity contribution in [2.75, 3.05) is 43.0 Å². The average Bonchev–Trinajstić information content (AvgIpc) is 3.17. The molecule has 1 fully saturated rings. The molecule has 172 valence electrons. The number of pyridine rings is 1. The molecular weight excluding hydrogens is 422 g/mol. The molecule has 0 radical (unpaired) electrons. The van der Waals surface area contributed by atoms with E-state index < -0.39 is 0 Å². The van der Waals surface area contributed by atoms with Crippen molar-refractivity contribution in [3.8, 4) is 5.75 Å². The van der Waals surface area contributed by atoms with Crippen molar-refractivity contribution in [3.05, 3.63) is 65.2 Å². The number of anilines is 2. The van der Waals surface area contributed by atoms with Gasteiger partial charge in [0.1, 0.15) is 22.9 Å². The molecule has 0 spiro atoms. The summed E-state index contributed by atoms with van der Waals surface area (Å²) in [6.07, 6.45) is 1.64. The Balaban J connectivity index is 1.36. The van der Waals surface area contributed by atoms with Gasteiger partial charge in [-0.15, -0.1) is 0 Å². The normalized spacial score (nSPS) is 13.7. The van der Waals surface area contributed by atoms with E-state index in [-0.39, 0.29) is 11.8 Å². The maximum absolute atomic E-state index is 12.8. The molecule has 0 aliphatic carbocycles. The highest BCUT2D eigenvalue weighted by Crippen LogP contribution is 2.22. The fraction of sp³-hybridized carbons (Fsp3) is 0.333. The van der Waals surface area contributed by atoms with Crippen LogP contribution in [-0.2, 0) is 0 Å². The zero-order valence-corrected chi connectivity index (χ0v) is 19.0. The maximum atomic E-state index is 12.8. The summed E-state index contributed by atoms with van der Waals surface area (Å²) < 4.78 is 10.7. The lowest BCUT2D eigenvalue weighted by Crippen LogP contribution is -2.49. The highest BCUT2D eigenvalue weighted by Gasteiger charge is 2.27. The van der Waals surface area contributed by atoms with E-state index >= 15 is 0 Å². The van der Waals surface area contributed by atoms with Gasteiger partial charge in [0.15, 0.2) is 0 Å². The van der Waals surface area contributed by atoms with Crippen molar-refractivity contribution < 1.29 is 18.8 Å². The van der Waals surface area contributed by atoms with Gasteiger partial charge in [0, 0.05) is 26.2 Å². The zero-order chi connectivity index (χ0) is 23.4. The number of amides is 2. The van der Waals surface area contributed by atoms with Crippen LogP contribution >= 0.6 is 0 Å². The zero-order valence-electron chi connectivity index (χ0n) is 19.0. The van der Waals surface area contributed by atoms with E-state index in [1.807, 2.05) is 30.0 Å². The predicted octanol–water partition coefficient (Wildman–Crippen LogP) is 3.30. The topological polar surface area (TPSA) is 101 Å². The number of carbonyl (C=O) groups excluding carboxylic acids is 2. The van der Waals surface area contributed by atoms with Crippen LogP contribution in [0, 0.1) is 13.8 Å². The van der Waals surface area contributed by atoms with Gasteiger partial charge in [-0.3, -0.25) is 9.59 Å². The third kappa shape index (κ3) is 4.82. The number of carbonyl (C=O) groups is 2. The number of benzene rings is 1. The monoisotopic (exact) mass is 449 g/mol. The summed E-state index contributed by atoms with van der Waals surface area (Å²) in [6, 6.07) is 10.8. The molecule has 2 aromatic heterocycles. The number of hydrogen-bond donors (Lipinski definition) is 1. The molecule has 1 saturated heterocycles. The van der Waals surface area contributed by atoms with E-state index in [2.05, 4.69) is 20.4 Å². The van der Waals surface area contributed by atoms with Gasteiger partial charge in [-0.1, -0.05) is 17.3 Å². The molecule has 4 rings (SSSR count). The highest BCUT2D eigenvalue weighted by atomic mass is 16.5. The van der Waals surface area contributed by atoms with E-state index in [1.165, 1.54) is 0 Å². The van der Waals surface area contributed by atoms with Crippen LogP contribution < -0.4 is 15.0 Å². The first kappa shape index (κ1) is 22.3. The minimum atomic E-state index is -0.250. The van der Waals surface area contributed by atoms with Crippen LogP contribution in [0.15, 0.2) is 47.1 Å². The van der Waals surface area contributed by atoms with E-state index in [1.54, 1.807) is 38.2 Å². The molecule has 0 saturated carbocycles. The molecule has 1 aliphatic heterocycles. The second-order valence-corrected chi connectivity index (χ2v) is 7.77. The van der Waals surface area contributed by atoms with Gasteiger partial charge >= 0.3 is 0 Å². The summed E-state index contributed by atoms with van der Waals surface area (Å²) in [5.41, 5.74) is 2.24. The quantitative estimate of drug-likeness (QED) is 0.616. The molecule has 1 aliphatic rings. The maximum Gasteiger partial charge on any atom is 0.259 e. The van der Waals surface area contributed by atoms with Crippen molar-refractivity contribution in [2.45, 2.75) is 20.8 Å². The molecule has 33 heavy (non-hydrogen) atoms. The number of nitrogens with zero attached hydrogens (tertiary/aromatic N) is 4. The van der Waals surface area contributed by atoms with E-state index in [0.29, 0.717) is 66.8 Å². The third-order valence-corrected chi connectivity index (χ3v) is 5.58. The summed E-state index contributed by atoms with van der Waals surface area (Å²) in [5, 5.41) is 6.74. The summed E-state index contributed by atoms with van der Waals surface area (Å²) >= 11 is 0. The van der Waals surface area contributed by atoms with Gasteiger partial charge < -0.3 is 24.4 Å². The summed E-state index contributed by atoms with van der Waals surface area (Å²) in [5.74, 6) is 1.59. The lowest BCUT2D eigenvalue weighted by atomic mass is 10.1. The van der Waals surface area contributed by atoms with Crippen molar-refractivity contribution in [1.29, 1.82) is 0 Å². The number of nitrogens with one attached hydrogen (secondary N) is 1. The SMILES string of the molecule is CCOc1ccccc1C(=O)Nc1ccc(N2CCN(C(=O)c3c(C)noc3C)CC2)nc1. The Morgan fingerprint density at radius 2 is 1.85 bits per heavy atom. The van der Waals surface area contributed by atoms with Crippen molar-refractivity contribution in [2.24, 2.45) is 0 Å². The number of ether oxygens (including phenoxy) is 1. The van der Waals surface area contributed by atoms with Gasteiger partial charge in [-0.05, 0) is 45.0 Å². The lowest BCUT2D eigenvalue weighted by molar-refractivity contribution is 0.0744. The minimum absolute atomic E-state index is 0.0516. The van der Waals surface area contributed by atoms with Crippen molar-refractivity contribution in [3.63, 3.8) is 0 Å². The fourth-order valence-corrected chi connectivity index (χ4v) is 3.87. The first-order chi connectivity index (χ1) is 16.0. The number of aryl methyl sites for hydroxylation is 2. The second kappa shape index (κ2) is 9.72. The molecular formula is C24H27N5O4. The fourth-order valence-electron chi connectivity index (χ4n) is 3.87. The molecule has 3 aromatic rings. The van der Waals surface area contributed by atoms with Crippen LogP contribution in [0.4, 0.5) is 11.5 Å². The molecule has 2 amide bonds. The smallest absolute Gasteiger partial charge is 0.259 e. The van der Waals surface area contributed by atoms with Crippen LogP contribution in [0.5, 0.6) is 5.75 Å². The first-order valence-corrected chi connectivity index (χ1v) is 10.9. The van der Waals surface area contributed by atoms with Crippen LogP contribution in [-0.4, -0.2) is 59.6 Å². The second-order valence-electron chi connectivity index (χ2n) is 7.77. The largest absolute Gasteiger partial charge is 0.493 e.